The van der Waals surface area contributed by atoms with Gasteiger partial charge >= 0.3 is 0 Å². The van der Waals surface area contributed by atoms with Crippen molar-refractivity contribution >= 4 is 11.8 Å². The number of benzene rings is 1. The monoisotopic (exact) mass is 464 g/mol. The van der Waals surface area contributed by atoms with Crippen molar-refractivity contribution in [3.05, 3.63) is 64.5 Å². The van der Waals surface area contributed by atoms with Gasteiger partial charge in [-0.1, -0.05) is 23.8 Å². The topological polar surface area (TPSA) is 85.8 Å². The standard InChI is InChI=1S/C27H36N4O3/c1-19-3-4-22-8-10-30(17-24(22)13-19)18-26(33)16-29-27(34)23-5-9-28-25(15-23)14-21-6-11-31(12-7-21)20(2)32/h3-5,9,13,15,21,26,33H,6-8,10-12,14,16-18H2,1-2H3,(H,29,34)/t26-/m0/s1. The third kappa shape index (κ3) is 6.42. The Morgan fingerprint density at radius 3 is 2.71 bits per heavy atom. The summed E-state index contributed by atoms with van der Waals surface area (Å²) in [6, 6.07) is 10.1. The Kier molecular flexibility index (Phi) is 7.95. The van der Waals surface area contributed by atoms with E-state index in [9.17, 15) is 14.7 Å². The molecule has 2 aromatic rings. The molecule has 0 aliphatic carbocycles. The number of β-amino-alcohol motifs (C(OH)–C–C–N with tert-alkyl or cyclic N) is 1. The van der Waals surface area contributed by atoms with E-state index in [1.807, 2.05) is 11.0 Å². The summed E-state index contributed by atoms with van der Waals surface area (Å²) in [6.45, 7) is 7.81. The van der Waals surface area contributed by atoms with Gasteiger partial charge in [-0.25, -0.2) is 0 Å². The van der Waals surface area contributed by atoms with Crippen molar-refractivity contribution in [1.82, 2.24) is 20.1 Å². The normalized spacial score (nSPS) is 17.8. The van der Waals surface area contributed by atoms with Crippen LogP contribution in [0.2, 0.25) is 0 Å². The lowest BCUT2D eigenvalue weighted by Gasteiger charge is -2.31. The van der Waals surface area contributed by atoms with Gasteiger partial charge in [-0.15, -0.1) is 0 Å². The Morgan fingerprint density at radius 1 is 1.15 bits per heavy atom. The summed E-state index contributed by atoms with van der Waals surface area (Å²) in [5, 5.41) is 13.4. The summed E-state index contributed by atoms with van der Waals surface area (Å²) in [5.41, 5.74) is 5.45. The number of carbonyl (C=O) groups is 2. The molecule has 1 saturated heterocycles. The van der Waals surface area contributed by atoms with E-state index in [1.165, 1.54) is 16.7 Å². The molecule has 1 fully saturated rings. The molecule has 2 N–H and O–H groups in total. The SMILES string of the molecule is CC(=O)N1CCC(Cc2cc(C(=O)NC[C@H](O)CN3CCc4ccc(C)cc4C3)ccn2)CC1. The number of fused-ring (bicyclic) bond motifs is 1. The summed E-state index contributed by atoms with van der Waals surface area (Å²) in [5.74, 6) is 0.424. The van der Waals surface area contributed by atoms with Gasteiger partial charge in [0.1, 0.15) is 0 Å². The average molecular weight is 465 g/mol. The smallest absolute Gasteiger partial charge is 0.251 e. The second-order valence-electron chi connectivity index (χ2n) is 9.81. The van der Waals surface area contributed by atoms with Crippen LogP contribution in [0, 0.1) is 12.8 Å². The number of hydrogen-bond acceptors (Lipinski definition) is 5. The zero-order valence-electron chi connectivity index (χ0n) is 20.3. The molecule has 2 amide bonds. The van der Waals surface area contributed by atoms with Crippen LogP contribution in [0.1, 0.15) is 52.5 Å². The highest BCUT2D eigenvalue weighted by molar-refractivity contribution is 5.94. The molecule has 0 radical (unpaired) electrons. The maximum atomic E-state index is 12.7. The van der Waals surface area contributed by atoms with Gasteiger partial charge in [0.05, 0.1) is 6.10 Å². The van der Waals surface area contributed by atoms with Crippen LogP contribution in [-0.2, 0) is 24.2 Å². The van der Waals surface area contributed by atoms with E-state index in [-0.39, 0.29) is 18.4 Å². The number of aryl methyl sites for hydroxylation is 1. The molecule has 0 bridgehead atoms. The van der Waals surface area contributed by atoms with Crippen molar-refractivity contribution < 1.29 is 14.7 Å². The molecule has 2 aliphatic rings. The molecule has 3 heterocycles. The summed E-state index contributed by atoms with van der Waals surface area (Å²) < 4.78 is 0. The Labute approximate surface area is 202 Å². The van der Waals surface area contributed by atoms with Crippen LogP contribution < -0.4 is 5.32 Å². The minimum atomic E-state index is -0.622. The first kappa shape index (κ1) is 24.4. The first-order valence-corrected chi connectivity index (χ1v) is 12.3. The van der Waals surface area contributed by atoms with Gasteiger partial charge in [-0.05, 0) is 61.8 Å². The molecule has 0 unspecified atom stereocenters. The Balaban J connectivity index is 1.23. The number of rotatable bonds is 7. The molecule has 1 atom stereocenters. The van der Waals surface area contributed by atoms with Gasteiger partial charge in [-0.2, -0.15) is 0 Å². The third-order valence-electron chi connectivity index (χ3n) is 7.06. The molecule has 4 rings (SSSR count). The third-order valence-corrected chi connectivity index (χ3v) is 7.06. The molecule has 0 spiro atoms. The van der Waals surface area contributed by atoms with Gasteiger partial charge in [0, 0.05) is 63.6 Å². The molecule has 2 aliphatic heterocycles. The molecule has 7 heteroatoms. The zero-order chi connectivity index (χ0) is 24.1. The molecule has 182 valence electrons. The van der Waals surface area contributed by atoms with Gasteiger partial charge in [-0.3, -0.25) is 19.5 Å². The van der Waals surface area contributed by atoms with Crippen LogP contribution in [0.4, 0.5) is 0 Å². The summed E-state index contributed by atoms with van der Waals surface area (Å²) in [7, 11) is 0. The van der Waals surface area contributed by atoms with Crippen molar-refractivity contribution in [2.45, 2.75) is 52.2 Å². The number of nitrogens with one attached hydrogen (secondary N) is 1. The Bertz CT molecular complexity index is 1020. The van der Waals surface area contributed by atoms with Crippen LogP contribution in [0.5, 0.6) is 0 Å². The number of nitrogens with zero attached hydrogens (tertiary/aromatic N) is 3. The number of aliphatic hydroxyl groups excluding tert-OH is 1. The second-order valence-corrected chi connectivity index (χ2v) is 9.81. The van der Waals surface area contributed by atoms with Crippen molar-refractivity contribution in [2.75, 3.05) is 32.7 Å². The molecule has 1 aromatic heterocycles. The lowest BCUT2D eigenvalue weighted by molar-refractivity contribution is -0.130. The van der Waals surface area contributed by atoms with Gasteiger partial charge in [0.15, 0.2) is 0 Å². The molecule has 34 heavy (non-hydrogen) atoms. The van der Waals surface area contributed by atoms with Crippen molar-refractivity contribution in [3.8, 4) is 0 Å². The summed E-state index contributed by atoms with van der Waals surface area (Å²) >= 11 is 0. The summed E-state index contributed by atoms with van der Waals surface area (Å²) in [6.07, 6.45) is 4.78. The molecular weight excluding hydrogens is 428 g/mol. The first-order chi connectivity index (χ1) is 16.4. The average Bonchev–Trinajstić information content (AvgIpc) is 2.83. The number of hydrogen-bond donors (Lipinski definition) is 2. The predicted molar refractivity (Wildman–Crippen MR) is 131 cm³/mol. The number of pyridine rings is 1. The number of carbonyl (C=O) groups excluding carboxylic acids is 2. The maximum absolute atomic E-state index is 12.7. The highest BCUT2D eigenvalue weighted by Gasteiger charge is 2.22. The number of piperidine rings is 1. The van der Waals surface area contributed by atoms with Crippen LogP contribution in [0.3, 0.4) is 0 Å². The van der Waals surface area contributed by atoms with E-state index >= 15 is 0 Å². The molecular formula is C27H36N4O3. The fraction of sp³-hybridized carbons (Fsp3) is 0.519. The minimum absolute atomic E-state index is 0.137. The van der Waals surface area contributed by atoms with Gasteiger partial charge < -0.3 is 15.3 Å². The summed E-state index contributed by atoms with van der Waals surface area (Å²) in [4.78, 5) is 32.8. The van der Waals surface area contributed by atoms with Gasteiger partial charge in [0.2, 0.25) is 5.91 Å². The van der Waals surface area contributed by atoms with Gasteiger partial charge in [0.25, 0.3) is 5.91 Å². The molecule has 0 saturated carbocycles. The number of aliphatic hydroxyl groups is 1. The van der Waals surface area contributed by atoms with Crippen molar-refractivity contribution in [2.24, 2.45) is 5.92 Å². The first-order valence-electron chi connectivity index (χ1n) is 12.3. The quantitative estimate of drug-likeness (QED) is 0.657. The largest absolute Gasteiger partial charge is 0.390 e. The fourth-order valence-electron chi connectivity index (χ4n) is 5.05. The highest BCUT2D eigenvalue weighted by atomic mass is 16.3. The van der Waals surface area contributed by atoms with Crippen molar-refractivity contribution in [3.63, 3.8) is 0 Å². The van der Waals surface area contributed by atoms with E-state index in [2.05, 4.69) is 40.3 Å². The van der Waals surface area contributed by atoms with Crippen LogP contribution in [-0.4, -0.2) is 70.5 Å². The number of aromatic nitrogens is 1. The zero-order valence-corrected chi connectivity index (χ0v) is 20.3. The predicted octanol–water partition coefficient (Wildman–Crippen LogP) is 2.34. The lowest BCUT2D eigenvalue weighted by atomic mass is 9.91. The maximum Gasteiger partial charge on any atom is 0.251 e. The molecule has 1 aromatic carbocycles. The number of amides is 2. The number of likely N-dealkylation sites (tertiary alicyclic amines) is 1. The fourth-order valence-corrected chi connectivity index (χ4v) is 5.05. The van der Waals surface area contributed by atoms with E-state index in [0.29, 0.717) is 18.0 Å². The lowest BCUT2D eigenvalue weighted by Crippen LogP contribution is -2.42. The van der Waals surface area contributed by atoms with Crippen LogP contribution in [0.15, 0.2) is 36.5 Å². The Hall–Kier alpha value is -2.77. The van der Waals surface area contributed by atoms with Crippen LogP contribution >= 0.6 is 0 Å². The van der Waals surface area contributed by atoms with Crippen molar-refractivity contribution in [1.29, 1.82) is 0 Å². The van der Waals surface area contributed by atoms with E-state index in [4.69, 9.17) is 0 Å². The second kappa shape index (κ2) is 11.1. The van der Waals surface area contributed by atoms with E-state index in [0.717, 1.165) is 57.6 Å². The highest BCUT2D eigenvalue weighted by Crippen LogP contribution is 2.22. The van der Waals surface area contributed by atoms with E-state index in [1.54, 1.807) is 19.2 Å². The minimum Gasteiger partial charge on any atom is -0.390 e. The molecule has 7 nitrogen and oxygen atoms in total. The van der Waals surface area contributed by atoms with E-state index < -0.39 is 6.10 Å². The Morgan fingerprint density at radius 2 is 1.94 bits per heavy atom. The van der Waals surface area contributed by atoms with Crippen LogP contribution in [0.25, 0.3) is 0 Å².